The first-order valence-corrected chi connectivity index (χ1v) is 6.61. The normalized spacial score (nSPS) is 10.3. The van der Waals surface area contributed by atoms with Crippen LogP contribution < -0.4 is 10.5 Å². The number of benzene rings is 2. The average Bonchev–Trinajstić information content (AvgIpc) is 2.55. The van der Waals surface area contributed by atoms with Crippen molar-refractivity contribution >= 4 is 5.82 Å². The predicted molar refractivity (Wildman–Crippen MR) is 83.9 cm³/mol. The van der Waals surface area contributed by atoms with Gasteiger partial charge < -0.3 is 10.5 Å². The van der Waals surface area contributed by atoms with Crippen molar-refractivity contribution < 1.29 is 4.74 Å². The maximum Gasteiger partial charge on any atom is 0.165 e. The third-order valence-electron chi connectivity index (χ3n) is 3.16. The fourth-order valence-electron chi connectivity index (χ4n) is 2.17. The van der Waals surface area contributed by atoms with E-state index in [-0.39, 0.29) is 0 Å². The molecule has 0 radical (unpaired) electrons. The highest BCUT2D eigenvalue weighted by Crippen LogP contribution is 2.29. The van der Waals surface area contributed by atoms with Crippen molar-refractivity contribution in [3.8, 4) is 28.4 Å². The van der Waals surface area contributed by atoms with E-state index in [1.54, 1.807) is 13.2 Å². The fraction of sp³-hybridized carbons (Fsp3) is 0.0588. The van der Waals surface area contributed by atoms with E-state index in [0.717, 1.165) is 22.6 Å². The Hall–Kier alpha value is -2.88. The molecule has 3 aromatic rings. The van der Waals surface area contributed by atoms with Crippen LogP contribution >= 0.6 is 0 Å². The molecule has 0 spiro atoms. The van der Waals surface area contributed by atoms with Gasteiger partial charge in [-0.15, -0.1) is 0 Å². The van der Waals surface area contributed by atoms with E-state index in [1.165, 1.54) is 0 Å². The zero-order valence-electron chi connectivity index (χ0n) is 11.7. The Kier molecular flexibility index (Phi) is 3.51. The maximum absolute atomic E-state index is 5.93. The lowest BCUT2D eigenvalue weighted by Gasteiger charge is -2.09. The molecule has 0 aliphatic carbocycles. The molecule has 0 unspecified atom stereocenters. The lowest BCUT2D eigenvalue weighted by Crippen LogP contribution is -1.99. The molecule has 104 valence electrons. The van der Waals surface area contributed by atoms with Crippen LogP contribution in [0.2, 0.25) is 0 Å². The number of aromatic nitrogens is 2. The summed E-state index contributed by atoms with van der Waals surface area (Å²) in [5, 5.41) is 0. The summed E-state index contributed by atoms with van der Waals surface area (Å²) in [7, 11) is 1.63. The van der Waals surface area contributed by atoms with E-state index in [4.69, 9.17) is 10.5 Å². The number of hydrogen-bond donors (Lipinski definition) is 1. The van der Waals surface area contributed by atoms with Gasteiger partial charge in [0.2, 0.25) is 0 Å². The Bertz CT molecular complexity index is 757. The zero-order valence-corrected chi connectivity index (χ0v) is 11.7. The third-order valence-corrected chi connectivity index (χ3v) is 3.16. The molecule has 3 rings (SSSR count). The largest absolute Gasteiger partial charge is 0.496 e. The lowest BCUT2D eigenvalue weighted by atomic mass is 10.1. The molecule has 2 N–H and O–H groups in total. The number of rotatable bonds is 3. The minimum atomic E-state index is 0.435. The molecule has 0 aliphatic heterocycles. The van der Waals surface area contributed by atoms with Crippen molar-refractivity contribution in [1.29, 1.82) is 0 Å². The summed E-state index contributed by atoms with van der Waals surface area (Å²) >= 11 is 0. The SMILES string of the molecule is COc1ccccc1-c1nc(N)cc(-c2ccccc2)n1. The van der Waals surface area contributed by atoms with Gasteiger partial charge in [-0.05, 0) is 12.1 Å². The second-order valence-electron chi connectivity index (χ2n) is 4.57. The van der Waals surface area contributed by atoms with Crippen LogP contribution in [0.25, 0.3) is 22.6 Å². The molecule has 0 saturated heterocycles. The Labute approximate surface area is 123 Å². The summed E-state index contributed by atoms with van der Waals surface area (Å²) < 4.78 is 5.36. The van der Waals surface area contributed by atoms with Gasteiger partial charge in [-0.1, -0.05) is 42.5 Å². The molecular weight excluding hydrogens is 262 g/mol. The topological polar surface area (TPSA) is 61.0 Å². The van der Waals surface area contributed by atoms with Gasteiger partial charge in [0.1, 0.15) is 11.6 Å². The van der Waals surface area contributed by atoms with E-state index in [0.29, 0.717) is 11.6 Å². The molecule has 4 nitrogen and oxygen atoms in total. The Morgan fingerprint density at radius 1 is 0.905 bits per heavy atom. The van der Waals surface area contributed by atoms with Crippen LogP contribution in [0.15, 0.2) is 60.7 Å². The number of hydrogen-bond acceptors (Lipinski definition) is 4. The fourth-order valence-corrected chi connectivity index (χ4v) is 2.17. The number of nitrogens with two attached hydrogens (primary N) is 1. The molecule has 0 saturated carbocycles. The van der Waals surface area contributed by atoms with E-state index in [1.807, 2.05) is 54.6 Å². The summed E-state index contributed by atoms with van der Waals surface area (Å²) in [5.74, 6) is 1.72. The van der Waals surface area contributed by atoms with Crippen LogP contribution in [0.5, 0.6) is 5.75 Å². The lowest BCUT2D eigenvalue weighted by molar-refractivity contribution is 0.416. The van der Waals surface area contributed by atoms with Crippen molar-refractivity contribution in [3.63, 3.8) is 0 Å². The smallest absolute Gasteiger partial charge is 0.165 e. The summed E-state index contributed by atoms with van der Waals surface area (Å²) in [6, 6.07) is 19.3. The zero-order chi connectivity index (χ0) is 14.7. The second-order valence-corrected chi connectivity index (χ2v) is 4.57. The number of anilines is 1. The minimum absolute atomic E-state index is 0.435. The van der Waals surface area contributed by atoms with Crippen molar-refractivity contribution in [2.24, 2.45) is 0 Å². The molecule has 0 fully saturated rings. The molecule has 0 aliphatic rings. The third kappa shape index (κ3) is 2.69. The minimum Gasteiger partial charge on any atom is -0.496 e. The van der Waals surface area contributed by atoms with E-state index in [2.05, 4.69) is 9.97 Å². The molecule has 0 amide bonds. The van der Waals surface area contributed by atoms with Crippen LogP contribution in [-0.4, -0.2) is 17.1 Å². The highest BCUT2D eigenvalue weighted by Gasteiger charge is 2.11. The summed E-state index contributed by atoms with van der Waals surface area (Å²) in [4.78, 5) is 8.94. The van der Waals surface area contributed by atoms with Gasteiger partial charge in [-0.25, -0.2) is 9.97 Å². The number of methoxy groups -OCH3 is 1. The number of para-hydroxylation sites is 1. The van der Waals surface area contributed by atoms with Crippen molar-refractivity contribution in [2.45, 2.75) is 0 Å². The molecule has 2 aromatic carbocycles. The van der Waals surface area contributed by atoms with Gasteiger partial charge >= 0.3 is 0 Å². The van der Waals surface area contributed by atoms with Crippen LogP contribution in [0.3, 0.4) is 0 Å². The van der Waals surface area contributed by atoms with Crippen molar-refractivity contribution in [3.05, 3.63) is 60.7 Å². The number of ether oxygens (including phenoxy) is 1. The van der Waals surface area contributed by atoms with Crippen molar-refractivity contribution in [1.82, 2.24) is 9.97 Å². The highest BCUT2D eigenvalue weighted by molar-refractivity contribution is 5.70. The molecule has 0 bridgehead atoms. The molecule has 1 aromatic heterocycles. The Balaban J connectivity index is 2.14. The first-order valence-electron chi connectivity index (χ1n) is 6.61. The van der Waals surface area contributed by atoms with Crippen molar-refractivity contribution in [2.75, 3.05) is 12.8 Å². The molecule has 1 heterocycles. The quantitative estimate of drug-likeness (QED) is 0.797. The van der Waals surface area contributed by atoms with E-state index in [9.17, 15) is 0 Å². The summed E-state index contributed by atoms with van der Waals surface area (Å²) in [6.07, 6.45) is 0. The summed E-state index contributed by atoms with van der Waals surface area (Å²) in [6.45, 7) is 0. The van der Waals surface area contributed by atoms with Gasteiger partial charge in [0.05, 0.1) is 18.4 Å². The monoisotopic (exact) mass is 277 g/mol. The van der Waals surface area contributed by atoms with E-state index >= 15 is 0 Å². The average molecular weight is 277 g/mol. The maximum atomic E-state index is 5.93. The number of nitrogens with zero attached hydrogens (tertiary/aromatic N) is 2. The van der Waals surface area contributed by atoms with Crippen LogP contribution in [0, 0.1) is 0 Å². The summed E-state index contributed by atoms with van der Waals surface area (Å²) in [5.41, 5.74) is 8.56. The van der Waals surface area contributed by atoms with E-state index < -0.39 is 0 Å². The first-order chi connectivity index (χ1) is 10.3. The van der Waals surface area contributed by atoms with Gasteiger partial charge in [-0.3, -0.25) is 0 Å². The second kappa shape index (κ2) is 5.63. The molecule has 0 atom stereocenters. The highest BCUT2D eigenvalue weighted by atomic mass is 16.5. The number of nitrogen functional groups attached to an aromatic ring is 1. The van der Waals surface area contributed by atoms with Gasteiger partial charge in [0, 0.05) is 11.6 Å². The van der Waals surface area contributed by atoms with Gasteiger partial charge in [0.15, 0.2) is 5.82 Å². The van der Waals surface area contributed by atoms with Gasteiger partial charge in [-0.2, -0.15) is 0 Å². The molecule has 4 heteroatoms. The van der Waals surface area contributed by atoms with Crippen LogP contribution in [0.1, 0.15) is 0 Å². The molecule has 21 heavy (non-hydrogen) atoms. The first kappa shape index (κ1) is 13.1. The Morgan fingerprint density at radius 2 is 1.62 bits per heavy atom. The van der Waals surface area contributed by atoms with Crippen LogP contribution in [-0.2, 0) is 0 Å². The van der Waals surface area contributed by atoms with Crippen LogP contribution in [0.4, 0.5) is 5.82 Å². The standard InChI is InChI=1S/C17H15N3O/c1-21-15-10-6-5-9-13(15)17-19-14(11-16(18)20-17)12-7-3-2-4-8-12/h2-11H,1H3,(H2,18,19,20). The Morgan fingerprint density at radius 3 is 2.38 bits per heavy atom. The predicted octanol–water partition coefficient (Wildman–Crippen LogP) is 3.40. The van der Waals surface area contributed by atoms with Gasteiger partial charge in [0.25, 0.3) is 0 Å². The molecular formula is C17H15N3O.